The second-order valence-corrected chi connectivity index (χ2v) is 10.4. The van der Waals surface area contributed by atoms with Crippen LogP contribution in [0.2, 0.25) is 5.02 Å². The van der Waals surface area contributed by atoms with Gasteiger partial charge in [0.05, 0.1) is 21.7 Å². The number of anilines is 1. The van der Waals surface area contributed by atoms with Gasteiger partial charge in [-0.05, 0) is 60.7 Å². The van der Waals surface area contributed by atoms with Crippen molar-refractivity contribution in [3.05, 3.63) is 98.3 Å². The molecule has 1 amide bonds. The number of Topliss-reactive ketones (excluding diaryl/α,β-unsaturated/α-hetero) is 1. The fraction of sp³-hybridized carbons (Fsp3) is 0.185. The molecule has 1 aromatic heterocycles. The summed E-state index contributed by atoms with van der Waals surface area (Å²) in [5, 5.41) is 16.1. The number of rotatable bonds is 6. The zero-order valence-electron chi connectivity index (χ0n) is 19.1. The number of hydrogen-bond acceptors (Lipinski definition) is 6. The van der Waals surface area contributed by atoms with Gasteiger partial charge in [0.2, 0.25) is 0 Å². The number of nitriles is 1. The predicted octanol–water partition coefficient (Wildman–Crippen LogP) is 6.87. The van der Waals surface area contributed by atoms with E-state index in [9.17, 15) is 14.9 Å². The monoisotopic (exact) mass is 519 g/mol. The number of amides is 1. The van der Waals surface area contributed by atoms with Crippen LogP contribution in [0.4, 0.5) is 5.69 Å². The highest BCUT2D eigenvalue weighted by Gasteiger charge is 2.39. The first-order valence-corrected chi connectivity index (χ1v) is 13.1. The van der Waals surface area contributed by atoms with Gasteiger partial charge < -0.3 is 5.32 Å². The van der Waals surface area contributed by atoms with Crippen molar-refractivity contribution in [3.63, 3.8) is 0 Å². The number of allylic oxidation sites excluding steroid dienone is 1. The molecule has 5 nitrogen and oxygen atoms in total. The molecule has 1 N–H and O–H groups in total. The second-order valence-electron chi connectivity index (χ2n) is 8.04. The van der Waals surface area contributed by atoms with Crippen LogP contribution >= 0.6 is 34.7 Å². The van der Waals surface area contributed by atoms with Crippen LogP contribution in [0.25, 0.3) is 0 Å². The zero-order chi connectivity index (χ0) is 24.9. The molecule has 1 unspecified atom stereocenters. The van der Waals surface area contributed by atoms with Gasteiger partial charge in [0.15, 0.2) is 5.78 Å². The molecular weight excluding hydrogens is 498 g/mol. The number of carbonyl (C=O) groups excluding carboxylic acids is 2. The molecule has 8 heteroatoms. The Labute approximate surface area is 217 Å². The lowest BCUT2D eigenvalue weighted by Crippen LogP contribution is -2.32. The van der Waals surface area contributed by atoms with E-state index < -0.39 is 11.8 Å². The lowest BCUT2D eigenvalue weighted by Gasteiger charge is -2.31. The molecule has 0 radical (unpaired) electrons. The van der Waals surface area contributed by atoms with Crippen molar-refractivity contribution in [2.75, 3.05) is 11.1 Å². The average Bonchev–Trinajstić information content (AvgIpc) is 3.39. The maximum atomic E-state index is 13.5. The molecule has 1 aliphatic rings. The Morgan fingerprint density at radius 1 is 1.11 bits per heavy atom. The Morgan fingerprint density at radius 3 is 2.51 bits per heavy atom. The lowest BCUT2D eigenvalue weighted by atomic mass is 9.77. The Hall–Kier alpha value is -3.18. The maximum Gasteiger partial charge on any atom is 0.254 e. The van der Waals surface area contributed by atoms with Crippen LogP contribution in [0.3, 0.4) is 0 Å². The first-order valence-electron chi connectivity index (χ1n) is 10.9. The molecule has 0 fully saturated rings. The summed E-state index contributed by atoms with van der Waals surface area (Å²) < 4.78 is 0. The Balaban J connectivity index is 1.71. The summed E-state index contributed by atoms with van der Waals surface area (Å²) in [7, 11) is 0. The number of ketones is 1. The van der Waals surface area contributed by atoms with Gasteiger partial charge in [0, 0.05) is 27.9 Å². The summed E-state index contributed by atoms with van der Waals surface area (Å²) >= 11 is 8.64. The van der Waals surface area contributed by atoms with E-state index in [1.165, 1.54) is 23.1 Å². The first-order chi connectivity index (χ1) is 16.9. The number of halogens is 1. The molecule has 4 rings (SSSR count). The van der Waals surface area contributed by atoms with Crippen molar-refractivity contribution in [2.45, 2.75) is 19.8 Å². The predicted molar refractivity (Wildman–Crippen MR) is 144 cm³/mol. The molecule has 2 aromatic carbocycles. The van der Waals surface area contributed by atoms with Crippen molar-refractivity contribution in [3.8, 4) is 6.07 Å². The molecular formula is C27H22ClN3O2S2. The van der Waals surface area contributed by atoms with Gasteiger partial charge >= 0.3 is 0 Å². The minimum absolute atomic E-state index is 0.00950. The van der Waals surface area contributed by atoms with Crippen molar-refractivity contribution < 1.29 is 9.59 Å². The summed E-state index contributed by atoms with van der Waals surface area (Å²) in [5.41, 5.74) is 3.43. The van der Waals surface area contributed by atoms with E-state index in [0.29, 0.717) is 31.9 Å². The smallest absolute Gasteiger partial charge is 0.254 e. The van der Waals surface area contributed by atoms with E-state index in [0.717, 1.165) is 11.1 Å². The minimum atomic E-state index is -0.702. The Bertz CT molecular complexity index is 1360. The normalized spacial score (nSPS) is 17.5. The first kappa shape index (κ1) is 24.9. The van der Waals surface area contributed by atoms with Crippen LogP contribution in [-0.4, -0.2) is 22.5 Å². The van der Waals surface area contributed by atoms with Crippen LogP contribution in [0.5, 0.6) is 0 Å². The molecule has 0 aliphatic carbocycles. The number of aryl methyl sites for hydroxylation is 1. The summed E-state index contributed by atoms with van der Waals surface area (Å²) in [6.45, 7) is 3.74. The molecule has 0 bridgehead atoms. The fourth-order valence-corrected chi connectivity index (χ4v) is 5.92. The fourth-order valence-electron chi connectivity index (χ4n) is 4.04. The third kappa shape index (κ3) is 5.57. The van der Waals surface area contributed by atoms with Crippen molar-refractivity contribution >= 4 is 57.1 Å². The molecule has 35 heavy (non-hydrogen) atoms. The zero-order valence-corrected chi connectivity index (χ0v) is 21.5. The average molecular weight is 520 g/mol. The summed E-state index contributed by atoms with van der Waals surface area (Å²) in [4.78, 5) is 31.4. The number of thiophene rings is 1. The van der Waals surface area contributed by atoms with E-state index in [2.05, 4.69) is 16.4 Å². The Kier molecular flexibility index (Phi) is 7.86. The van der Waals surface area contributed by atoms with E-state index in [-0.39, 0.29) is 17.4 Å². The molecule has 2 heterocycles. The highest BCUT2D eigenvalue weighted by Crippen LogP contribution is 2.42. The number of thioether (sulfide) groups is 1. The summed E-state index contributed by atoms with van der Waals surface area (Å²) in [6, 6.07) is 20.6. The lowest BCUT2D eigenvalue weighted by molar-refractivity contribution is -0.113. The van der Waals surface area contributed by atoms with Gasteiger partial charge in [0.1, 0.15) is 5.92 Å². The molecule has 0 saturated carbocycles. The molecule has 0 saturated heterocycles. The number of nitrogens with zero attached hydrogens (tertiary/aromatic N) is 2. The molecule has 176 valence electrons. The SMILES string of the molecule is CC1=C(C(=O)Nc2ccc(Cl)cc2)[C@@H](c2ccccc2C)C(C#N)C(SCC(=O)c2cccs2)=N1. The van der Waals surface area contributed by atoms with Gasteiger partial charge in [-0.2, -0.15) is 5.26 Å². The van der Waals surface area contributed by atoms with E-state index in [1.54, 1.807) is 37.3 Å². The van der Waals surface area contributed by atoms with E-state index >= 15 is 0 Å². The van der Waals surface area contributed by atoms with E-state index in [4.69, 9.17) is 11.6 Å². The van der Waals surface area contributed by atoms with Gasteiger partial charge in [-0.3, -0.25) is 9.59 Å². The van der Waals surface area contributed by atoms with Gasteiger partial charge in [-0.15, -0.1) is 23.1 Å². The van der Waals surface area contributed by atoms with Crippen LogP contribution in [-0.2, 0) is 4.79 Å². The topological polar surface area (TPSA) is 82.3 Å². The largest absolute Gasteiger partial charge is 0.322 e. The van der Waals surface area contributed by atoms with Gasteiger partial charge in [-0.25, -0.2) is 4.99 Å². The standard InChI is InChI=1S/C27H22ClN3O2S2/c1-16-6-3-4-7-20(16)25-21(14-29)27(35-15-22(32)23-8-5-13-34-23)30-17(2)24(25)26(33)31-19-11-9-18(28)10-12-19/h3-13,21,25H,15H2,1-2H3,(H,31,33)/t21?,25-/m0/s1. The molecule has 3 aromatic rings. The maximum absolute atomic E-state index is 13.5. The second kappa shape index (κ2) is 11.0. The summed E-state index contributed by atoms with van der Waals surface area (Å²) in [6.07, 6.45) is 0. The minimum Gasteiger partial charge on any atom is -0.322 e. The quantitative estimate of drug-likeness (QED) is 0.360. The number of benzene rings is 2. The highest BCUT2D eigenvalue weighted by atomic mass is 35.5. The van der Waals surface area contributed by atoms with Crippen molar-refractivity contribution in [2.24, 2.45) is 10.9 Å². The van der Waals surface area contributed by atoms with Gasteiger partial charge in [0.25, 0.3) is 5.91 Å². The van der Waals surface area contributed by atoms with Crippen LogP contribution in [0.15, 0.2) is 82.3 Å². The van der Waals surface area contributed by atoms with Gasteiger partial charge in [-0.1, -0.05) is 41.9 Å². The van der Waals surface area contributed by atoms with Crippen molar-refractivity contribution in [1.29, 1.82) is 5.26 Å². The third-order valence-electron chi connectivity index (χ3n) is 5.73. The highest BCUT2D eigenvalue weighted by molar-refractivity contribution is 8.14. The molecule has 0 spiro atoms. The Morgan fingerprint density at radius 2 is 1.86 bits per heavy atom. The summed E-state index contributed by atoms with van der Waals surface area (Å²) in [5.74, 6) is -1.37. The van der Waals surface area contributed by atoms with Crippen LogP contribution < -0.4 is 5.32 Å². The van der Waals surface area contributed by atoms with E-state index in [1.807, 2.05) is 42.6 Å². The number of carbonyl (C=O) groups is 2. The third-order valence-corrected chi connectivity index (χ3v) is 7.94. The number of nitrogens with one attached hydrogen (secondary N) is 1. The van der Waals surface area contributed by atoms with Crippen molar-refractivity contribution in [1.82, 2.24) is 0 Å². The number of aliphatic imine (C=N–C) groups is 1. The molecule has 2 atom stereocenters. The van der Waals surface area contributed by atoms with Crippen LogP contribution in [0, 0.1) is 24.2 Å². The molecule has 1 aliphatic heterocycles. The number of hydrogen-bond donors (Lipinski definition) is 1. The van der Waals surface area contributed by atoms with Crippen LogP contribution in [0.1, 0.15) is 33.6 Å².